The van der Waals surface area contributed by atoms with Crippen LogP contribution in [-0.4, -0.2) is 24.7 Å². The molecule has 0 N–H and O–H groups in total. The van der Waals surface area contributed by atoms with Gasteiger partial charge in [0.1, 0.15) is 10.9 Å². The molecular formula is C17H15N7S. The van der Waals surface area contributed by atoms with Crippen LogP contribution in [0.4, 0.5) is 11.4 Å². The second-order valence-corrected chi connectivity index (χ2v) is 6.77. The van der Waals surface area contributed by atoms with Gasteiger partial charge in [-0.2, -0.15) is 0 Å². The first-order chi connectivity index (χ1) is 11.9. The standard InChI is InChI=1S/C17H15N7S/c1-9(2)15-16(25-17-23-22-10(3)24(17)6)21-14-8-12(19-5)11(18-4)7-13(14)20-15/h7-9H,1-3,6H3. The summed E-state index contributed by atoms with van der Waals surface area (Å²) >= 11 is 1.41. The molecule has 3 aromatic rings. The van der Waals surface area contributed by atoms with Crippen molar-refractivity contribution < 1.29 is 0 Å². The predicted molar refractivity (Wildman–Crippen MR) is 96.0 cm³/mol. The van der Waals surface area contributed by atoms with Crippen molar-refractivity contribution in [3.8, 4) is 0 Å². The molecule has 0 saturated carbocycles. The fourth-order valence-electron chi connectivity index (χ4n) is 2.27. The van der Waals surface area contributed by atoms with E-state index in [2.05, 4.69) is 19.9 Å². The summed E-state index contributed by atoms with van der Waals surface area (Å²) in [5.74, 6) is 0.977. The highest BCUT2D eigenvalue weighted by Gasteiger charge is 2.18. The van der Waals surface area contributed by atoms with Crippen molar-refractivity contribution >= 4 is 34.2 Å². The number of fused-ring (bicyclic) bond motifs is 1. The van der Waals surface area contributed by atoms with E-state index in [9.17, 15) is 0 Å². The maximum absolute atomic E-state index is 7.24. The minimum Gasteiger partial charge on any atom is -0.309 e. The van der Waals surface area contributed by atoms with Gasteiger partial charge < -0.3 is 4.57 Å². The largest absolute Gasteiger partial charge is 0.309 e. The zero-order chi connectivity index (χ0) is 18.1. The Bertz CT molecular complexity index is 1050. The first-order valence-corrected chi connectivity index (χ1v) is 8.40. The summed E-state index contributed by atoms with van der Waals surface area (Å²) in [6, 6.07) is 3.26. The zero-order valence-electron chi connectivity index (χ0n) is 14.3. The number of hydrogen-bond donors (Lipinski definition) is 0. The van der Waals surface area contributed by atoms with Gasteiger partial charge in [-0.25, -0.2) is 9.97 Å². The molecular weight excluding hydrogens is 334 g/mol. The van der Waals surface area contributed by atoms with Crippen LogP contribution in [0.5, 0.6) is 0 Å². The van der Waals surface area contributed by atoms with Gasteiger partial charge in [0.2, 0.25) is 0 Å². The second kappa shape index (κ2) is 6.50. The smallest absolute Gasteiger partial charge is 0.197 e. The second-order valence-electron chi connectivity index (χ2n) is 5.81. The van der Waals surface area contributed by atoms with Crippen LogP contribution in [0, 0.1) is 20.1 Å². The summed E-state index contributed by atoms with van der Waals surface area (Å²) in [5, 5.41) is 9.72. The molecule has 0 aliphatic carbocycles. The monoisotopic (exact) mass is 349 g/mol. The number of nitrogens with zero attached hydrogens (tertiary/aromatic N) is 7. The lowest BCUT2D eigenvalue weighted by atomic mass is 10.1. The van der Waals surface area contributed by atoms with Gasteiger partial charge in [-0.15, -0.1) is 10.2 Å². The first kappa shape index (κ1) is 16.9. The molecule has 3 rings (SSSR count). The van der Waals surface area contributed by atoms with E-state index < -0.39 is 0 Å². The Hall–Kier alpha value is -2.97. The van der Waals surface area contributed by atoms with Crippen molar-refractivity contribution in [3.63, 3.8) is 0 Å². The van der Waals surface area contributed by atoms with Crippen molar-refractivity contribution in [2.24, 2.45) is 7.05 Å². The van der Waals surface area contributed by atoms with E-state index in [1.54, 1.807) is 12.1 Å². The third kappa shape index (κ3) is 3.04. The SMILES string of the molecule is [C-]#[N+]c1cc2nc(Sc3nnc(C)n3C)c(C(C)C)nc2cc1[N+]#[C-]. The molecule has 7 nitrogen and oxygen atoms in total. The van der Waals surface area contributed by atoms with E-state index in [-0.39, 0.29) is 5.92 Å². The van der Waals surface area contributed by atoms with Crippen LogP contribution in [0.25, 0.3) is 20.7 Å². The molecule has 0 fully saturated rings. The summed E-state index contributed by atoms with van der Waals surface area (Å²) in [7, 11) is 1.90. The molecule has 124 valence electrons. The van der Waals surface area contributed by atoms with E-state index >= 15 is 0 Å². The highest BCUT2D eigenvalue weighted by atomic mass is 32.2. The molecule has 0 amide bonds. The summed E-state index contributed by atoms with van der Waals surface area (Å²) in [5.41, 5.74) is 2.66. The van der Waals surface area contributed by atoms with E-state index in [0.717, 1.165) is 21.7 Å². The van der Waals surface area contributed by atoms with Crippen molar-refractivity contribution in [1.29, 1.82) is 0 Å². The number of rotatable bonds is 3. The van der Waals surface area contributed by atoms with E-state index in [1.807, 2.05) is 32.4 Å². The molecule has 2 aromatic heterocycles. The molecule has 0 unspecified atom stereocenters. The Morgan fingerprint density at radius 3 is 2.12 bits per heavy atom. The lowest BCUT2D eigenvalue weighted by Gasteiger charge is -2.12. The van der Waals surface area contributed by atoms with Gasteiger partial charge in [-0.3, -0.25) is 9.69 Å². The molecule has 0 spiro atoms. The van der Waals surface area contributed by atoms with E-state index in [0.29, 0.717) is 22.4 Å². The van der Waals surface area contributed by atoms with Crippen molar-refractivity contribution in [2.45, 2.75) is 36.9 Å². The van der Waals surface area contributed by atoms with Crippen LogP contribution >= 0.6 is 11.8 Å². The van der Waals surface area contributed by atoms with Crippen LogP contribution < -0.4 is 0 Å². The third-order valence-corrected chi connectivity index (χ3v) is 4.81. The Morgan fingerprint density at radius 2 is 1.64 bits per heavy atom. The maximum Gasteiger partial charge on any atom is 0.197 e. The molecule has 1 aromatic carbocycles. The average Bonchev–Trinajstić information content (AvgIpc) is 2.91. The molecule has 0 radical (unpaired) electrons. The zero-order valence-corrected chi connectivity index (χ0v) is 15.1. The lowest BCUT2D eigenvalue weighted by molar-refractivity contribution is 0.755. The van der Waals surface area contributed by atoms with Gasteiger partial charge in [-0.1, -0.05) is 13.8 Å². The molecule has 0 aliphatic heterocycles. The fraction of sp³-hybridized carbons (Fsp3) is 0.294. The summed E-state index contributed by atoms with van der Waals surface area (Å²) in [4.78, 5) is 16.2. The summed E-state index contributed by atoms with van der Waals surface area (Å²) < 4.78 is 1.90. The predicted octanol–water partition coefficient (Wildman–Crippen LogP) is 4.44. The molecule has 0 aliphatic rings. The van der Waals surface area contributed by atoms with Crippen LogP contribution in [0.1, 0.15) is 31.3 Å². The average molecular weight is 349 g/mol. The van der Waals surface area contributed by atoms with Crippen LogP contribution in [0.2, 0.25) is 0 Å². The van der Waals surface area contributed by atoms with Gasteiger partial charge in [0.25, 0.3) is 0 Å². The van der Waals surface area contributed by atoms with Crippen LogP contribution in [-0.2, 0) is 7.05 Å². The highest BCUT2D eigenvalue weighted by Crippen LogP contribution is 2.36. The topological polar surface area (TPSA) is 65.2 Å². The Balaban J connectivity index is 2.20. The number of benzene rings is 1. The molecule has 25 heavy (non-hydrogen) atoms. The van der Waals surface area contributed by atoms with Crippen molar-refractivity contribution in [2.75, 3.05) is 0 Å². The number of hydrogen-bond acceptors (Lipinski definition) is 5. The van der Waals surface area contributed by atoms with Gasteiger partial charge >= 0.3 is 0 Å². The Kier molecular flexibility index (Phi) is 4.39. The van der Waals surface area contributed by atoms with Crippen LogP contribution in [0.3, 0.4) is 0 Å². The molecule has 0 atom stereocenters. The Morgan fingerprint density at radius 1 is 1.04 bits per heavy atom. The van der Waals surface area contributed by atoms with Gasteiger partial charge in [-0.05, 0) is 36.7 Å². The minimum atomic E-state index is 0.158. The maximum atomic E-state index is 7.24. The van der Waals surface area contributed by atoms with E-state index in [4.69, 9.17) is 23.1 Å². The summed E-state index contributed by atoms with van der Waals surface area (Å²) in [6.45, 7) is 20.5. The molecule has 0 saturated heterocycles. The van der Waals surface area contributed by atoms with Crippen LogP contribution in [0.15, 0.2) is 22.3 Å². The van der Waals surface area contributed by atoms with E-state index in [1.165, 1.54) is 11.8 Å². The van der Waals surface area contributed by atoms with Crippen molar-refractivity contribution in [1.82, 2.24) is 24.7 Å². The van der Waals surface area contributed by atoms with Gasteiger partial charge in [0, 0.05) is 7.05 Å². The van der Waals surface area contributed by atoms with Gasteiger partial charge in [0.15, 0.2) is 16.5 Å². The minimum absolute atomic E-state index is 0.158. The molecule has 2 heterocycles. The Labute approximate surface area is 149 Å². The normalized spacial score (nSPS) is 10.8. The lowest BCUT2D eigenvalue weighted by Crippen LogP contribution is -2.01. The molecule has 0 bridgehead atoms. The third-order valence-electron chi connectivity index (χ3n) is 3.78. The van der Waals surface area contributed by atoms with Crippen molar-refractivity contribution in [3.05, 3.63) is 46.5 Å². The summed E-state index contributed by atoms with van der Waals surface area (Å²) in [6.07, 6.45) is 0. The quantitative estimate of drug-likeness (QED) is 0.654. The number of aromatic nitrogens is 5. The number of aryl methyl sites for hydroxylation is 1. The fourth-order valence-corrected chi connectivity index (χ4v) is 3.32. The highest BCUT2D eigenvalue weighted by molar-refractivity contribution is 7.99. The van der Waals surface area contributed by atoms with Gasteiger partial charge in [0.05, 0.1) is 29.9 Å². The first-order valence-electron chi connectivity index (χ1n) is 7.59. The molecule has 8 heteroatoms.